The highest BCUT2D eigenvalue weighted by atomic mass is 32.1. The van der Waals surface area contributed by atoms with Crippen LogP contribution >= 0.6 is 11.3 Å². The molecule has 82 valence electrons. The monoisotopic (exact) mass is 232 g/mol. The van der Waals surface area contributed by atoms with Crippen LogP contribution in [-0.4, -0.2) is 10.9 Å². The predicted octanol–water partition coefficient (Wildman–Crippen LogP) is 3.01. The van der Waals surface area contributed by atoms with Gasteiger partial charge in [0.2, 0.25) is 0 Å². The second-order valence-corrected chi connectivity index (χ2v) is 4.36. The molecule has 0 radical (unpaired) electrons. The molecule has 0 bridgehead atoms. The summed E-state index contributed by atoms with van der Waals surface area (Å²) in [6.45, 7) is 3.97. The van der Waals surface area contributed by atoms with E-state index in [0.29, 0.717) is 5.69 Å². The topological polar surface area (TPSA) is 42.0 Å². The van der Waals surface area contributed by atoms with Crippen LogP contribution in [0.5, 0.6) is 0 Å². The largest absolute Gasteiger partial charge is 0.320 e. The van der Waals surface area contributed by atoms with E-state index in [-0.39, 0.29) is 5.91 Å². The number of hydrogen-bond donors (Lipinski definition) is 1. The Labute approximate surface area is 98.2 Å². The number of benzene rings is 1. The molecule has 0 saturated heterocycles. The summed E-state index contributed by atoms with van der Waals surface area (Å²) in [6, 6.07) is 5.97. The number of anilines is 1. The minimum atomic E-state index is -0.157. The maximum Gasteiger partial charge on any atom is 0.275 e. The summed E-state index contributed by atoms with van der Waals surface area (Å²) in [7, 11) is 0. The molecule has 1 heterocycles. The Balaban J connectivity index is 2.21. The van der Waals surface area contributed by atoms with Crippen LogP contribution in [0, 0.1) is 13.8 Å². The van der Waals surface area contributed by atoms with E-state index in [1.165, 1.54) is 11.3 Å². The summed E-state index contributed by atoms with van der Waals surface area (Å²) >= 11 is 1.41. The molecular weight excluding hydrogens is 220 g/mol. The summed E-state index contributed by atoms with van der Waals surface area (Å²) in [5.41, 5.74) is 5.13. The predicted molar refractivity (Wildman–Crippen MR) is 66.0 cm³/mol. The van der Waals surface area contributed by atoms with Gasteiger partial charge in [0.05, 0.1) is 5.51 Å². The number of aryl methyl sites for hydroxylation is 2. The van der Waals surface area contributed by atoms with Crippen molar-refractivity contribution >= 4 is 22.9 Å². The van der Waals surface area contributed by atoms with E-state index in [4.69, 9.17) is 0 Å². The molecule has 1 amide bonds. The first-order valence-corrected chi connectivity index (χ1v) is 5.88. The number of nitrogens with zero attached hydrogens (tertiary/aromatic N) is 1. The van der Waals surface area contributed by atoms with Gasteiger partial charge in [-0.25, -0.2) is 4.98 Å². The zero-order valence-corrected chi connectivity index (χ0v) is 9.97. The highest BCUT2D eigenvalue weighted by molar-refractivity contribution is 7.07. The second kappa shape index (κ2) is 4.45. The fourth-order valence-corrected chi connectivity index (χ4v) is 1.91. The lowest BCUT2D eigenvalue weighted by Crippen LogP contribution is -2.13. The normalized spacial score (nSPS) is 10.1. The summed E-state index contributed by atoms with van der Waals surface area (Å²) in [5.74, 6) is -0.157. The van der Waals surface area contributed by atoms with Crippen LogP contribution in [0.25, 0.3) is 0 Å². The third-order valence-corrected chi connectivity index (χ3v) is 2.89. The molecule has 0 aliphatic rings. The minimum absolute atomic E-state index is 0.157. The molecule has 1 aromatic carbocycles. The lowest BCUT2D eigenvalue weighted by molar-refractivity contribution is 0.102. The number of hydrogen-bond acceptors (Lipinski definition) is 3. The minimum Gasteiger partial charge on any atom is -0.320 e. The van der Waals surface area contributed by atoms with Crippen LogP contribution in [0.3, 0.4) is 0 Å². The van der Waals surface area contributed by atoms with Gasteiger partial charge in [0.15, 0.2) is 0 Å². The van der Waals surface area contributed by atoms with Crippen LogP contribution in [0.15, 0.2) is 29.1 Å². The molecular formula is C12H12N2OS. The van der Waals surface area contributed by atoms with Gasteiger partial charge in [0, 0.05) is 11.1 Å². The van der Waals surface area contributed by atoms with Gasteiger partial charge in [-0.3, -0.25) is 4.79 Å². The molecule has 16 heavy (non-hydrogen) atoms. The van der Waals surface area contributed by atoms with Gasteiger partial charge in [-0.05, 0) is 31.0 Å². The Morgan fingerprint density at radius 1 is 1.38 bits per heavy atom. The Morgan fingerprint density at radius 2 is 2.19 bits per heavy atom. The summed E-state index contributed by atoms with van der Waals surface area (Å²) in [5, 5.41) is 4.60. The maximum absolute atomic E-state index is 11.8. The number of carbonyl (C=O) groups is 1. The molecule has 1 N–H and O–H groups in total. The number of thiazole rings is 1. The van der Waals surface area contributed by atoms with E-state index in [1.807, 2.05) is 32.0 Å². The molecule has 0 saturated carbocycles. The van der Waals surface area contributed by atoms with Crippen LogP contribution in [0.2, 0.25) is 0 Å². The van der Waals surface area contributed by atoms with Crippen molar-refractivity contribution in [3.63, 3.8) is 0 Å². The van der Waals surface area contributed by atoms with Crippen LogP contribution in [0.1, 0.15) is 21.6 Å². The zero-order valence-electron chi connectivity index (χ0n) is 9.15. The average molecular weight is 232 g/mol. The van der Waals surface area contributed by atoms with Crippen LogP contribution in [0.4, 0.5) is 5.69 Å². The van der Waals surface area contributed by atoms with Crippen LogP contribution in [-0.2, 0) is 0 Å². The number of amides is 1. The Morgan fingerprint density at radius 3 is 2.88 bits per heavy atom. The van der Waals surface area contributed by atoms with Gasteiger partial charge in [0.1, 0.15) is 5.69 Å². The van der Waals surface area contributed by atoms with E-state index in [1.54, 1.807) is 10.9 Å². The van der Waals surface area contributed by atoms with E-state index in [9.17, 15) is 4.79 Å². The molecule has 0 aliphatic carbocycles. The smallest absolute Gasteiger partial charge is 0.275 e. The molecule has 0 spiro atoms. The summed E-state index contributed by atoms with van der Waals surface area (Å²) in [4.78, 5) is 15.7. The molecule has 0 atom stereocenters. The average Bonchev–Trinajstić information content (AvgIpc) is 2.76. The van der Waals surface area contributed by atoms with Crippen molar-refractivity contribution in [2.75, 3.05) is 5.32 Å². The number of carbonyl (C=O) groups excluding carboxylic acids is 1. The molecule has 0 aliphatic heterocycles. The quantitative estimate of drug-likeness (QED) is 0.864. The third kappa shape index (κ3) is 2.28. The van der Waals surface area contributed by atoms with Crippen molar-refractivity contribution in [3.8, 4) is 0 Å². The Hall–Kier alpha value is -1.68. The van der Waals surface area contributed by atoms with Crippen molar-refractivity contribution in [2.24, 2.45) is 0 Å². The van der Waals surface area contributed by atoms with E-state index >= 15 is 0 Å². The highest BCUT2D eigenvalue weighted by Gasteiger charge is 2.09. The zero-order chi connectivity index (χ0) is 11.5. The summed E-state index contributed by atoms with van der Waals surface area (Å²) < 4.78 is 0. The van der Waals surface area contributed by atoms with E-state index < -0.39 is 0 Å². The van der Waals surface area contributed by atoms with Gasteiger partial charge in [-0.1, -0.05) is 12.1 Å². The molecule has 2 aromatic rings. The molecule has 2 rings (SSSR count). The van der Waals surface area contributed by atoms with Gasteiger partial charge in [0.25, 0.3) is 5.91 Å². The molecule has 4 heteroatoms. The van der Waals surface area contributed by atoms with Crippen molar-refractivity contribution < 1.29 is 4.79 Å². The molecule has 3 nitrogen and oxygen atoms in total. The molecule has 1 aromatic heterocycles. The fraction of sp³-hybridized carbons (Fsp3) is 0.167. The maximum atomic E-state index is 11.8. The lowest BCUT2D eigenvalue weighted by atomic mass is 10.1. The summed E-state index contributed by atoms with van der Waals surface area (Å²) in [6.07, 6.45) is 0. The first-order chi connectivity index (χ1) is 7.66. The van der Waals surface area contributed by atoms with Gasteiger partial charge in [-0.2, -0.15) is 0 Å². The Kier molecular flexibility index (Phi) is 3.01. The van der Waals surface area contributed by atoms with Gasteiger partial charge in [-0.15, -0.1) is 11.3 Å². The fourth-order valence-electron chi connectivity index (χ4n) is 1.38. The first kappa shape index (κ1) is 10.8. The standard InChI is InChI=1S/C12H12N2OS/c1-8-3-4-9(2)10(5-8)14-12(15)11-6-16-7-13-11/h3-7H,1-2H3,(H,14,15). The Bertz CT molecular complexity index is 506. The van der Waals surface area contributed by atoms with Crippen LogP contribution < -0.4 is 5.32 Å². The van der Waals surface area contributed by atoms with E-state index in [2.05, 4.69) is 10.3 Å². The van der Waals surface area contributed by atoms with Crippen molar-refractivity contribution in [3.05, 3.63) is 45.9 Å². The van der Waals surface area contributed by atoms with Gasteiger partial charge < -0.3 is 5.32 Å². The van der Waals surface area contributed by atoms with Gasteiger partial charge >= 0.3 is 0 Å². The van der Waals surface area contributed by atoms with Crippen molar-refractivity contribution in [1.82, 2.24) is 4.98 Å². The van der Waals surface area contributed by atoms with E-state index in [0.717, 1.165) is 16.8 Å². The number of nitrogens with one attached hydrogen (secondary N) is 1. The second-order valence-electron chi connectivity index (χ2n) is 3.65. The lowest BCUT2D eigenvalue weighted by Gasteiger charge is -2.07. The third-order valence-electron chi connectivity index (χ3n) is 2.31. The highest BCUT2D eigenvalue weighted by Crippen LogP contribution is 2.17. The van der Waals surface area contributed by atoms with Crippen molar-refractivity contribution in [2.45, 2.75) is 13.8 Å². The first-order valence-electron chi connectivity index (χ1n) is 4.93. The number of aromatic nitrogens is 1. The number of rotatable bonds is 2. The van der Waals surface area contributed by atoms with Crippen molar-refractivity contribution in [1.29, 1.82) is 0 Å². The molecule has 0 unspecified atom stereocenters. The molecule has 0 fully saturated rings. The SMILES string of the molecule is Cc1ccc(C)c(NC(=O)c2cscn2)c1.